The van der Waals surface area contributed by atoms with Gasteiger partial charge in [0.15, 0.2) is 28.6 Å². The molecule has 0 spiro atoms. The molecule has 0 N–H and O–H groups in total. The molecule has 4 aliphatic rings. The SMILES string of the molecule is CCCC(=O)O[C@]1(C(=O)CCl)[C@H](C)C[C@@H]2[C@@H]3CCC4=CC(=O)C(Br)=C[C@]4(C)C3(F)C(=O)C[C@@]21C. The summed E-state index contributed by atoms with van der Waals surface area (Å²) in [4.78, 5) is 52.2. The van der Waals surface area contributed by atoms with Crippen LogP contribution in [0.1, 0.15) is 66.2 Å². The number of rotatable bonds is 5. The standard InChI is InChI=1S/C26H31BrClFO5/c1-5-6-22(33)34-26(21(32)13-28)14(2)9-17-16-8-7-15-10-19(30)18(27)11-23(15,3)25(16,29)20(31)12-24(17,26)4/h10-11,14,16-17H,5-9,12-13H2,1-4H3/t14-,16+,17-,23+,24+,25?,26+/m1/s1. The van der Waals surface area contributed by atoms with Crippen LogP contribution in [0, 0.1) is 28.6 Å². The van der Waals surface area contributed by atoms with Crippen molar-refractivity contribution in [3.8, 4) is 0 Å². The first-order valence-electron chi connectivity index (χ1n) is 12.0. The van der Waals surface area contributed by atoms with Crippen molar-refractivity contribution in [2.45, 2.75) is 77.5 Å². The fourth-order valence-corrected chi connectivity index (χ4v) is 8.49. The van der Waals surface area contributed by atoms with Gasteiger partial charge in [0, 0.05) is 35.5 Å². The first-order valence-corrected chi connectivity index (χ1v) is 13.3. The van der Waals surface area contributed by atoms with E-state index in [4.69, 9.17) is 16.3 Å². The van der Waals surface area contributed by atoms with Gasteiger partial charge in [0.1, 0.15) is 0 Å². The summed E-state index contributed by atoms with van der Waals surface area (Å²) in [5, 5.41) is 0. The summed E-state index contributed by atoms with van der Waals surface area (Å²) >= 11 is 9.28. The number of carbonyl (C=O) groups is 4. The third-order valence-corrected chi connectivity index (χ3v) is 10.1. The maximum atomic E-state index is 17.3. The van der Waals surface area contributed by atoms with Gasteiger partial charge in [0.05, 0.1) is 10.4 Å². The number of hydrogen-bond donors (Lipinski definition) is 0. The Balaban J connectivity index is 1.85. The van der Waals surface area contributed by atoms with Crippen LogP contribution < -0.4 is 0 Å². The van der Waals surface area contributed by atoms with E-state index in [1.165, 1.54) is 6.08 Å². The molecule has 186 valence electrons. The van der Waals surface area contributed by atoms with E-state index in [1.54, 1.807) is 19.9 Å². The van der Waals surface area contributed by atoms with Crippen molar-refractivity contribution in [2.75, 3.05) is 5.88 Å². The van der Waals surface area contributed by atoms with E-state index in [2.05, 4.69) is 15.9 Å². The molecule has 0 radical (unpaired) electrons. The molecule has 4 aliphatic carbocycles. The van der Waals surface area contributed by atoms with Crippen molar-refractivity contribution in [3.63, 3.8) is 0 Å². The van der Waals surface area contributed by atoms with Gasteiger partial charge < -0.3 is 4.74 Å². The van der Waals surface area contributed by atoms with E-state index < -0.39 is 51.5 Å². The number of esters is 1. The quantitative estimate of drug-likeness (QED) is 0.333. The molecule has 7 atom stereocenters. The van der Waals surface area contributed by atoms with Crippen LogP contribution in [0.3, 0.4) is 0 Å². The minimum atomic E-state index is -2.23. The molecule has 4 rings (SSSR count). The van der Waals surface area contributed by atoms with Crippen molar-refractivity contribution >= 4 is 50.8 Å². The summed E-state index contributed by atoms with van der Waals surface area (Å²) in [6.07, 6.45) is 4.77. The first-order chi connectivity index (χ1) is 15.8. The minimum Gasteiger partial charge on any atom is -0.450 e. The van der Waals surface area contributed by atoms with Crippen LogP contribution in [0.4, 0.5) is 4.39 Å². The number of halogens is 3. The predicted molar refractivity (Wildman–Crippen MR) is 129 cm³/mol. The van der Waals surface area contributed by atoms with Gasteiger partial charge in [0.2, 0.25) is 0 Å². The lowest BCUT2D eigenvalue weighted by Crippen LogP contribution is -2.68. The van der Waals surface area contributed by atoms with E-state index in [1.807, 2.05) is 13.8 Å². The second kappa shape index (κ2) is 8.36. The molecule has 0 aromatic heterocycles. The largest absolute Gasteiger partial charge is 0.450 e. The van der Waals surface area contributed by atoms with Gasteiger partial charge in [-0.05, 0) is 60.5 Å². The molecule has 0 amide bonds. The molecule has 0 aliphatic heterocycles. The van der Waals surface area contributed by atoms with Gasteiger partial charge in [-0.1, -0.05) is 32.4 Å². The van der Waals surface area contributed by atoms with Gasteiger partial charge in [-0.25, -0.2) is 4.39 Å². The van der Waals surface area contributed by atoms with Crippen LogP contribution in [0.2, 0.25) is 0 Å². The summed E-state index contributed by atoms with van der Waals surface area (Å²) in [6, 6.07) is 0. The number of fused-ring (bicyclic) bond motifs is 5. The number of ketones is 3. The highest BCUT2D eigenvalue weighted by molar-refractivity contribution is 9.12. The number of alkyl halides is 2. The molecule has 34 heavy (non-hydrogen) atoms. The molecule has 3 fully saturated rings. The van der Waals surface area contributed by atoms with Crippen LogP contribution in [-0.4, -0.2) is 40.5 Å². The first kappa shape index (κ1) is 25.7. The Kier molecular flexibility index (Phi) is 6.33. The van der Waals surface area contributed by atoms with Crippen LogP contribution >= 0.6 is 27.5 Å². The molecule has 0 bridgehead atoms. The highest BCUT2D eigenvalue weighted by Gasteiger charge is 2.77. The minimum absolute atomic E-state index is 0.147. The Morgan fingerprint density at radius 3 is 2.56 bits per heavy atom. The Morgan fingerprint density at radius 1 is 1.26 bits per heavy atom. The smallest absolute Gasteiger partial charge is 0.306 e. The van der Waals surface area contributed by atoms with E-state index in [9.17, 15) is 19.2 Å². The van der Waals surface area contributed by atoms with Gasteiger partial charge >= 0.3 is 5.97 Å². The zero-order valence-corrected chi connectivity index (χ0v) is 22.4. The fourth-order valence-electron chi connectivity index (χ4n) is 7.71. The molecule has 0 aromatic carbocycles. The number of ether oxygens (including phenoxy) is 1. The normalized spacial score (nSPS) is 43.3. The Bertz CT molecular complexity index is 1040. The van der Waals surface area contributed by atoms with Gasteiger partial charge in [-0.3, -0.25) is 19.2 Å². The number of carbonyl (C=O) groups excluding carboxylic acids is 4. The number of allylic oxidation sites excluding steroid dienone is 4. The highest BCUT2D eigenvalue weighted by atomic mass is 79.9. The van der Waals surface area contributed by atoms with Crippen molar-refractivity contribution < 1.29 is 28.3 Å². The van der Waals surface area contributed by atoms with Crippen molar-refractivity contribution in [3.05, 3.63) is 22.2 Å². The predicted octanol–water partition coefficient (Wildman–Crippen LogP) is 5.42. The Morgan fingerprint density at radius 2 is 1.94 bits per heavy atom. The topological polar surface area (TPSA) is 77.5 Å². The molecule has 1 unspecified atom stereocenters. The lowest BCUT2D eigenvalue weighted by atomic mass is 9.45. The van der Waals surface area contributed by atoms with Crippen LogP contribution in [0.5, 0.6) is 0 Å². The summed E-state index contributed by atoms with van der Waals surface area (Å²) in [5.74, 6) is -3.58. The number of hydrogen-bond acceptors (Lipinski definition) is 5. The van der Waals surface area contributed by atoms with Gasteiger partial charge in [-0.2, -0.15) is 0 Å². The molecular formula is C26H31BrClFO5. The highest BCUT2D eigenvalue weighted by Crippen LogP contribution is 2.70. The zero-order chi connectivity index (χ0) is 25.3. The lowest BCUT2D eigenvalue weighted by molar-refractivity contribution is -0.201. The van der Waals surface area contributed by atoms with Gasteiger partial charge in [0.25, 0.3) is 0 Å². The second-order valence-electron chi connectivity index (χ2n) is 10.9. The van der Waals surface area contributed by atoms with Gasteiger partial charge in [-0.15, -0.1) is 11.6 Å². The molecule has 0 heterocycles. The van der Waals surface area contributed by atoms with E-state index in [0.717, 1.165) is 0 Å². The summed E-state index contributed by atoms with van der Waals surface area (Å²) in [5.41, 5.74) is -5.50. The molecule has 8 heteroatoms. The monoisotopic (exact) mass is 556 g/mol. The molecule has 0 saturated heterocycles. The molecule has 0 aromatic rings. The van der Waals surface area contributed by atoms with Crippen LogP contribution in [0.15, 0.2) is 22.2 Å². The zero-order valence-electron chi connectivity index (χ0n) is 20.0. The van der Waals surface area contributed by atoms with Crippen LogP contribution in [0.25, 0.3) is 0 Å². The maximum absolute atomic E-state index is 17.3. The molecule has 3 saturated carbocycles. The van der Waals surface area contributed by atoms with E-state index >= 15 is 4.39 Å². The summed E-state index contributed by atoms with van der Waals surface area (Å²) in [7, 11) is 0. The second-order valence-corrected chi connectivity index (χ2v) is 12.0. The average Bonchev–Trinajstić information content (AvgIpc) is 2.97. The van der Waals surface area contributed by atoms with E-state index in [0.29, 0.717) is 31.3 Å². The third-order valence-electron chi connectivity index (χ3n) is 9.27. The fraction of sp³-hybridized carbons (Fsp3) is 0.692. The Labute approximate surface area is 213 Å². The number of Topliss-reactive ketones (excluding diaryl/α,β-unsaturated/α-hetero) is 2. The maximum Gasteiger partial charge on any atom is 0.306 e. The van der Waals surface area contributed by atoms with Crippen molar-refractivity contribution in [2.24, 2.45) is 28.6 Å². The summed E-state index contributed by atoms with van der Waals surface area (Å²) < 4.78 is 23.5. The lowest BCUT2D eigenvalue weighted by Gasteiger charge is -2.60. The third kappa shape index (κ3) is 3.07. The molecule has 5 nitrogen and oxygen atoms in total. The van der Waals surface area contributed by atoms with Crippen molar-refractivity contribution in [1.29, 1.82) is 0 Å². The van der Waals surface area contributed by atoms with Crippen molar-refractivity contribution in [1.82, 2.24) is 0 Å². The van der Waals surface area contributed by atoms with E-state index in [-0.39, 0.29) is 34.9 Å². The van der Waals surface area contributed by atoms with Crippen LogP contribution in [-0.2, 0) is 23.9 Å². The molecular weight excluding hydrogens is 527 g/mol. The summed E-state index contributed by atoms with van der Waals surface area (Å²) in [6.45, 7) is 7.17. The Hall–Kier alpha value is -1.34. The average molecular weight is 558 g/mol.